The highest BCUT2D eigenvalue weighted by molar-refractivity contribution is 7.25. The van der Waals surface area contributed by atoms with Crippen molar-refractivity contribution in [3.63, 3.8) is 0 Å². The highest BCUT2D eigenvalue weighted by Crippen LogP contribution is 2.41. The van der Waals surface area contributed by atoms with Crippen LogP contribution >= 0.6 is 11.3 Å². The Morgan fingerprint density at radius 1 is 0.545 bits per heavy atom. The molecule has 0 radical (unpaired) electrons. The second kappa shape index (κ2) is 6.46. The smallest absolute Gasteiger partial charge is 0.177 e. The fourth-order valence-electron chi connectivity index (χ4n) is 4.82. The third-order valence-corrected chi connectivity index (χ3v) is 7.44. The lowest BCUT2D eigenvalue weighted by Gasteiger charge is -2.12. The van der Waals surface area contributed by atoms with E-state index in [1.807, 2.05) is 24.3 Å². The molecule has 0 fully saturated rings. The van der Waals surface area contributed by atoms with E-state index in [0.717, 1.165) is 37.7 Å². The molecule has 0 aliphatic heterocycles. The van der Waals surface area contributed by atoms with E-state index in [1.54, 1.807) is 11.3 Å². The van der Waals surface area contributed by atoms with E-state index in [-0.39, 0.29) is 11.4 Å². The summed E-state index contributed by atoms with van der Waals surface area (Å²) in [6.45, 7) is 0. The molecule has 0 amide bonds. The zero-order valence-corrected chi connectivity index (χ0v) is 17.9. The quantitative estimate of drug-likeness (QED) is 0.186. The second-order valence-electron chi connectivity index (χ2n) is 8.08. The summed E-state index contributed by atoms with van der Waals surface area (Å²) >= 11 is 1.78. The van der Waals surface area contributed by atoms with Crippen LogP contribution in [0, 0.1) is 22.7 Å². The molecule has 7 rings (SSSR count). The van der Waals surface area contributed by atoms with Gasteiger partial charge in [0.25, 0.3) is 0 Å². The number of aromatic nitrogens is 2. The maximum atomic E-state index is 9.61. The van der Waals surface area contributed by atoms with Crippen LogP contribution in [-0.4, -0.2) is 9.97 Å². The molecule has 33 heavy (non-hydrogen) atoms. The predicted molar refractivity (Wildman–Crippen MR) is 134 cm³/mol. The van der Waals surface area contributed by atoms with Crippen molar-refractivity contribution in [3.8, 4) is 12.1 Å². The van der Waals surface area contributed by atoms with Crippen LogP contribution in [0.25, 0.3) is 63.5 Å². The second-order valence-corrected chi connectivity index (χ2v) is 9.16. The van der Waals surface area contributed by atoms with Crippen LogP contribution < -0.4 is 0 Å². The van der Waals surface area contributed by atoms with Crippen molar-refractivity contribution >= 4 is 74.9 Å². The van der Waals surface area contributed by atoms with E-state index >= 15 is 0 Å². The van der Waals surface area contributed by atoms with Crippen LogP contribution in [0.2, 0.25) is 0 Å². The first-order valence-electron chi connectivity index (χ1n) is 10.5. The Balaban J connectivity index is 1.80. The Labute approximate surface area is 191 Å². The number of nitrogens with zero attached hydrogens (tertiary/aromatic N) is 4. The summed E-state index contributed by atoms with van der Waals surface area (Å²) in [5.74, 6) is 0. The molecule has 0 aliphatic carbocycles. The van der Waals surface area contributed by atoms with Crippen molar-refractivity contribution in [1.29, 1.82) is 10.5 Å². The zero-order valence-electron chi connectivity index (χ0n) is 17.1. The Morgan fingerprint density at radius 2 is 1.12 bits per heavy atom. The summed E-state index contributed by atoms with van der Waals surface area (Å²) in [5.41, 5.74) is 1.42. The lowest BCUT2D eigenvalue weighted by molar-refractivity contribution is 1.21. The fraction of sp³-hybridized carbons (Fsp3) is 0. The molecule has 0 spiro atoms. The third-order valence-electron chi connectivity index (χ3n) is 6.31. The molecule has 0 unspecified atom stereocenters. The minimum atomic E-state index is 0.0564. The molecule has 0 N–H and O–H groups in total. The van der Waals surface area contributed by atoms with E-state index in [9.17, 15) is 10.5 Å². The first-order valence-corrected chi connectivity index (χ1v) is 11.3. The number of hydrogen-bond acceptors (Lipinski definition) is 5. The molecule has 0 saturated carbocycles. The van der Waals surface area contributed by atoms with Gasteiger partial charge in [0.1, 0.15) is 12.1 Å². The topological polar surface area (TPSA) is 73.4 Å². The summed E-state index contributed by atoms with van der Waals surface area (Å²) in [5, 5.41) is 27.8. The number of rotatable bonds is 0. The number of fused-ring (bicyclic) bond motifs is 10. The molecule has 150 valence electrons. The molecule has 0 aliphatic rings. The Morgan fingerprint density at radius 3 is 1.82 bits per heavy atom. The average Bonchev–Trinajstić information content (AvgIpc) is 3.23. The van der Waals surface area contributed by atoms with E-state index < -0.39 is 0 Å². The van der Waals surface area contributed by atoms with Crippen molar-refractivity contribution in [1.82, 2.24) is 9.97 Å². The van der Waals surface area contributed by atoms with Gasteiger partial charge in [-0.2, -0.15) is 10.5 Å². The number of hydrogen-bond donors (Lipinski definition) is 0. The molecule has 0 saturated heterocycles. The van der Waals surface area contributed by atoms with Gasteiger partial charge in [-0.15, -0.1) is 11.3 Å². The van der Waals surface area contributed by atoms with Gasteiger partial charge in [-0.25, -0.2) is 9.97 Å². The molecule has 4 nitrogen and oxygen atoms in total. The summed E-state index contributed by atoms with van der Waals surface area (Å²) in [6, 6.07) is 29.4. The van der Waals surface area contributed by atoms with Crippen molar-refractivity contribution in [3.05, 3.63) is 84.2 Å². The number of benzene rings is 5. The minimum Gasteiger partial charge on any atom is -0.232 e. The largest absolute Gasteiger partial charge is 0.232 e. The van der Waals surface area contributed by atoms with Crippen molar-refractivity contribution in [2.75, 3.05) is 0 Å². The van der Waals surface area contributed by atoms with E-state index in [1.165, 1.54) is 14.8 Å². The van der Waals surface area contributed by atoms with Gasteiger partial charge in [0.15, 0.2) is 11.4 Å². The zero-order chi connectivity index (χ0) is 22.1. The lowest BCUT2D eigenvalue weighted by atomic mass is 9.95. The van der Waals surface area contributed by atoms with Gasteiger partial charge >= 0.3 is 0 Å². The van der Waals surface area contributed by atoms with Crippen LogP contribution in [0.5, 0.6) is 0 Å². The van der Waals surface area contributed by atoms with Gasteiger partial charge in [0.05, 0.1) is 11.0 Å². The van der Waals surface area contributed by atoms with Gasteiger partial charge < -0.3 is 0 Å². The number of nitriles is 2. The first kappa shape index (κ1) is 18.0. The molecule has 2 heterocycles. The van der Waals surface area contributed by atoms with E-state index in [0.29, 0.717) is 11.0 Å². The van der Waals surface area contributed by atoms with Crippen LogP contribution in [-0.2, 0) is 0 Å². The molecule has 2 aromatic heterocycles. The van der Waals surface area contributed by atoms with Crippen LogP contribution in [0.15, 0.2) is 72.8 Å². The Hall–Kier alpha value is -4.58. The first-order chi connectivity index (χ1) is 16.2. The van der Waals surface area contributed by atoms with Crippen molar-refractivity contribution in [2.45, 2.75) is 0 Å². The SMILES string of the molecule is N#Cc1nc2c3cc4ccccc4cc3c3cc4sc5ccccc5c4cc3c2nc1C#N. The maximum absolute atomic E-state index is 9.61. The Bertz CT molecular complexity index is 2060. The molecule has 0 atom stereocenters. The lowest BCUT2D eigenvalue weighted by Crippen LogP contribution is -1.97. The summed E-state index contributed by atoms with van der Waals surface area (Å²) < 4.78 is 2.44. The average molecular weight is 436 g/mol. The summed E-state index contributed by atoms with van der Waals surface area (Å²) in [6.07, 6.45) is 0. The van der Waals surface area contributed by atoms with Crippen molar-refractivity contribution in [2.24, 2.45) is 0 Å². The monoisotopic (exact) mass is 436 g/mol. The molecular weight excluding hydrogens is 424 g/mol. The van der Waals surface area contributed by atoms with Gasteiger partial charge in [0, 0.05) is 30.9 Å². The normalized spacial score (nSPS) is 11.6. The van der Waals surface area contributed by atoms with Gasteiger partial charge in [-0.1, -0.05) is 42.5 Å². The third kappa shape index (κ3) is 2.43. The minimum absolute atomic E-state index is 0.0564. The van der Waals surface area contributed by atoms with Gasteiger partial charge in [-0.3, -0.25) is 0 Å². The van der Waals surface area contributed by atoms with Crippen molar-refractivity contribution < 1.29 is 0 Å². The standard InChI is InChI=1S/C28H12N4S/c29-13-23-24(14-30)32-28-22-11-20-17-7-3-4-8-25(17)33-26(20)12-19(22)18-9-15-5-1-2-6-16(15)10-21(18)27(28)31-23/h1-12H. The highest BCUT2D eigenvalue weighted by Gasteiger charge is 2.17. The fourth-order valence-corrected chi connectivity index (χ4v) is 5.94. The van der Waals surface area contributed by atoms with Gasteiger partial charge in [0.2, 0.25) is 0 Å². The maximum Gasteiger partial charge on any atom is 0.177 e. The molecule has 7 aromatic rings. The van der Waals surface area contributed by atoms with E-state index in [2.05, 4.69) is 70.6 Å². The van der Waals surface area contributed by atoms with Gasteiger partial charge in [-0.05, 0) is 51.9 Å². The molecule has 5 aromatic carbocycles. The summed E-state index contributed by atoms with van der Waals surface area (Å²) in [4.78, 5) is 9.29. The van der Waals surface area contributed by atoms with Crippen LogP contribution in [0.1, 0.15) is 11.4 Å². The summed E-state index contributed by atoms with van der Waals surface area (Å²) in [7, 11) is 0. The molecular formula is C28H12N4S. The molecule has 0 bridgehead atoms. The molecule has 5 heteroatoms. The van der Waals surface area contributed by atoms with Crippen LogP contribution in [0.3, 0.4) is 0 Å². The Kier molecular flexibility index (Phi) is 3.53. The highest BCUT2D eigenvalue weighted by atomic mass is 32.1. The van der Waals surface area contributed by atoms with Crippen LogP contribution in [0.4, 0.5) is 0 Å². The number of thiophene rings is 1. The van der Waals surface area contributed by atoms with E-state index in [4.69, 9.17) is 0 Å². The predicted octanol–water partition coefficient (Wildman–Crippen LogP) is 7.20.